The van der Waals surface area contributed by atoms with E-state index in [0.717, 1.165) is 18.5 Å². The van der Waals surface area contributed by atoms with Crippen molar-refractivity contribution in [3.05, 3.63) is 29.6 Å². The van der Waals surface area contributed by atoms with Crippen molar-refractivity contribution in [1.82, 2.24) is 4.90 Å². The zero-order valence-corrected chi connectivity index (χ0v) is 11.8. The molecule has 2 fully saturated rings. The fourth-order valence-corrected chi connectivity index (χ4v) is 3.52. The van der Waals surface area contributed by atoms with Crippen LogP contribution in [0.3, 0.4) is 0 Å². The minimum absolute atomic E-state index is 0.0213. The molecular formula is C15H20FN3O2. The molecule has 5 nitrogen and oxygen atoms in total. The van der Waals surface area contributed by atoms with Crippen molar-refractivity contribution < 1.29 is 14.3 Å². The molecule has 0 aromatic heterocycles. The van der Waals surface area contributed by atoms with Crippen molar-refractivity contribution >= 4 is 11.8 Å². The van der Waals surface area contributed by atoms with Gasteiger partial charge in [-0.05, 0) is 43.5 Å². The van der Waals surface area contributed by atoms with Crippen LogP contribution >= 0.6 is 0 Å². The average molecular weight is 293 g/mol. The summed E-state index contributed by atoms with van der Waals surface area (Å²) in [5, 5.41) is 9.25. The number of halogens is 1. The summed E-state index contributed by atoms with van der Waals surface area (Å²) in [5.74, 6) is -0.231. The molecule has 2 unspecified atom stereocenters. The molecule has 0 radical (unpaired) electrons. The Kier molecular flexibility index (Phi) is 3.71. The summed E-state index contributed by atoms with van der Waals surface area (Å²) < 4.78 is 14.0. The predicted molar refractivity (Wildman–Crippen MR) is 78.0 cm³/mol. The van der Waals surface area contributed by atoms with Gasteiger partial charge >= 0.3 is 6.09 Å². The van der Waals surface area contributed by atoms with Gasteiger partial charge in [-0.3, -0.25) is 4.90 Å². The number of piperazine rings is 1. The lowest BCUT2D eigenvalue weighted by Crippen LogP contribution is -2.55. The monoisotopic (exact) mass is 293 g/mol. The van der Waals surface area contributed by atoms with Crippen LogP contribution in [0, 0.1) is 5.82 Å². The van der Waals surface area contributed by atoms with Crippen LogP contribution in [0.5, 0.6) is 0 Å². The molecule has 21 heavy (non-hydrogen) atoms. The summed E-state index contributed by atoms with van der Waals surface area (Å²) in [6.45, 7) is 1.70. The number of carboxylic acid groups (broad SMARTS) is 1. The van der Waals surface area contributed by atoms with Crippen LogP contribution in [0.25, 0.3) is 0 Å². The molecule has 3 rings (SSSR count). The van der Waals surface area contributed by atoms with Crippen LogP contribution < -0.4 is 10.6 Å². The summed E-state index contributed by atoms with van der Waals surface area (Å²) in [5.41, 5.74) is 6.92. The van der Waals surface area contributed by atoms with Gasteiger partial charge in [-0.1, -0.05) is 6.07 Å². The molecule has 2 saturated heterocycles. The maximum atomic E-state index is 14.0. The van der Waals surface area contributed by atoms with Gasteiger partial charge in [0.25, 0.3) is 0 Å². The van der Waals surface area contributed by atoms with Gasteiger partial charge in [-0.25, -0.2) is 9.18 Å². The van der Waals surface area contributed by atoms with Crippen molar-refractivity contribution in [2.24, 2.45) is 5.73 Å². The van der Waals surface area contributed by atoms with E-state index in [1.165, 1.54) is 0 Å². The Balaban J connectivity index is 1.78. The number of carbonyl (C=O) groups is 1. The highest BCUT2D eigenvalue weighted by atomic mass is 19.1. The molecule has 2 aliphatic heterocycles. The van der Waals surface area contributed by atoms with Gasteiger partial charge in [0.1, 0.15) is 5.82 Å². The highest BCUT2D eigenvalue weighted by Crippen LogP contribution is 2.33. The largest absolute Gasteiger partial charge is 0.465 e. The van der Waals surface area contributed by atoms with Gasteiger partial charge < -0.3 is 15.7 Å². The smallest absolute Gasteiger partial charge is 0.407 e. The molecule has 1 amide bonds. The standard InChI is InChI=1S/C15H20FN3O2/c16-14-7-11(2-1-10(14)5-6-17)18-8-12-3-4-13(9-18)19(12)15(20)21/h1-2,7,12-13H,3-6,8-9,17H2,(H,20,21). The summed E-state index contributed by atoms with van der Waals surface area (Å²) in [7, 11) is 0. The van der Waals surface area contributed by atoms with Gasteiger partial charge in [0.15, 0.2) is 0 Å². The second-order valence-corrected chi connectivity index (χ2v) is 5.79. The molecule has 1 aromatic carbocycles. The van der Waals surface area contributed by atoms with E-state index in [2.05, 4.69) is 4.90 Å². The lowest BCUT2D eigenvalue weighted by atomic mass is 10.1. The van der Waals surface area contributed by atoms with Crippen molar-refractivity contribution in [3.8, 4) is 0 Å². The Morgan fingerprint density at radius 3 is 2.52 bits per heavy atom. The van der Waals surface area contributed by atoms with Crippen LogP contribution in [0.15, 0.2) is 18.2 Å². The highest BCUT2D eigenvalue weighted by Gasteiger charge is 2.42. The Bertz CT molecular complexity index is 538. The Morgan fingerprint density at radius 1 is 1.33 bits per heavy atom. The number of amides is 1. The predicted octanol–water partition coefficient (Wildman–Crippen LogP) is 1.66. The van der Waals surface area contributed by atoms with Gasteiger partial charge in [-0.2, -0.15) is 0 Å². The third-order valence-electron chi connectivity index (χ3n) is 4.52. The normalized spacial score (nSPS) is 24.5. The minimum atomic E-state index is -0.841. The molecule has 114 valence electrons. The van der Waals surface area contributed by atoms with E-state index in [4.69, 9.17) is 5.73 Å². The Labute approximate surface area is 123 Å². The highest BCUT2D eigenvalue weighted by molar-refractivity contribution is 5.67. The van der Waals surface area contributed by atoms with Crippen molar-refractivity contribution in [1.29, 1.82) is 0 Å². The van der Waals surface area contributed by atoms with E-state index in [0.29, 0.717) is 31.6 Å². The van der Waals surface area contributed by atoms with Gasteiger partial charge in [-0.15, -0.1) is 0 Å². The van der Waals surface area contributed by atoms with Crippen LogP contribution in [-0.2, 0) is 6.42 Å². The lowest BCUT2D eigenvalue weighted by molar-refractivity contribution is 0.115. The zero-order chi connectivity index (χ0) is 15.0. The fourth-order valence-electron chi connectivity index (χ4n) is 3.52. The van der Waals surface area contributed by atoms with Crippen LogP contribution in [-0.4, -0.2) is 47.8 Å². The van der Waals surface area contributed by atoms with Crippen LogP contribution in [0.1, 0.15) is 18.4 Å². The van der Waals surface area contributed by atoms with E-state index >= 15 is 0 Å². The maximum absolute atomic E-state index is 14.0. The number of hydrogen-bond acceptors (Lipinski definition) is 3. The average Bonchev–Trinajstić information content (AvgIpc) is 2.72. The first kappa shape index (κ1) is 14.1. The first-order valence-electron chi connectivity index (χ1n) is 7.35. The van der Waals surface area contributed by atoms with Crippen molar-refractivity contribution in [2.75, 3.05) is 24.5 Å². The molecular weight excluding hydrogens is 273 g/mol. The van der Waals surface area contributed by atoms with Crippen LogP contribution in [0.2, 0.25) is 0 Å². The first-order valence-corrected chi connectivity index (χ1v) is 7.35. The molecule has 0 spiro atoms. The summed E-state index contributed by atoms with van der Waals surface area (Å²) in [6.07, 6.45) is 1.47. The molecule has 2 heterocycles. The Morgan fingerprint density at radius 2 is 2.00 bits per heavy atom. The first-order chi connectivity index (χ1) is 10.1. The fraction of sp³-hybridized carbons (Fsp3) is 0.533. The van der Waals surface area contributed by atoms with Crippen molar-refractivity contribution in [3.63, 3.8) is 0 Å². The van der Waals surface area contributed by atoms with E-state index in [1.54, 1.807) is 17.0 Å². The van der Waals surface area contributed by atoms with E-state index < -0.39 is 6.09 Å². The topological polar surface area (TPSA) is 69.8 Å². The summed E-state index contributed by atoms with van der Waals surface area (Å²) in [4.78, 5) is 14.9. The summed E-state index contributed by atoms with van der Waals surface area (Å²) in [6, 6.07) is 5.27. The lowest BCUT2D eigenvalue weighted by Gasteiger charge is -2.40. The quantitative estimate of drug-likeness (QED) is 0.889. The van der Waals surface area contributed by atoms with E-state index in [1.807, 2.05) is 6.07 Å². The molecule has 1 aromatic rings. The molecule has 2 bridgehead atoms. The summed E-state index contributed by atoms with van der Waals surface area (Å²) >= 11 is 0. The van der Waals surface area contributed by atoms with Gasteiger partial charge in [0, 0.05) is 18.8 Å². The SMILES string of the molecule is NCCc1ccc(N2CC3CCC(C2)N3C(=O)O)cc1F. The third-order valence-corrected chi connectivity index (χ3v) is 4.52. The zero-order valence-electron chi connectivity index (χ0n) is 11.8. The number of fused-ring (bicyclic) bond motifs is 2. The molecule has 2 atom stereocenters. The molecule has 0 saturated carbocycles. The number of benzene rings is 1. The number of nitrogens with zero attached hydrogens (tertiary/aromatic N) is 2. The van der Waals surface area contributed by atoms with E-state index in [9.17, 15) is 14.3 Å². The number of nitrogens with two attached hydrogens (primary N) is 1. The van der Waals surface area contributed by atoms with Crippen molar-refractivity contribution in [2.45, 2.75) is 31.3 Å². The molecule has 0 aliphatic carbocycles. The second-order valence-electron chi connectivity index (χ2n) is 5.79. The molecule has 2 aliphatic rings. The van der Waals surface area contributed by atoms with Gasteiger partial charge in [0.2, 0.25) is 0 Å². The number of rotatable bonds is 3. The van der Waals surface area contributed by atoms with Gasteiger partial charge in [0.05, 0.1) is 12.1 Å². The van der Waals surface area contributed by atoms with E-state index in [-0.39, 0.29) is 17.9 Å². The Hall–Kier alpha value is -1.82. The minimum Gasteiger partial charge on any atom is -0.465 e. The number of hydrogen-bond donors (Lipinski definition) is 2. The second kappa shape index (κ2) is 5.52. The molecule has 3 N–H and O–H groups in total. The third kappa shape index (κ3) is 2.55. The number of anilines is 1. The molecule has 6 heteroatoms. The maximum Gasteiger partial charge on any atom is 0.407 e. The van der Waals surface area contributed by atoms with Crippen LogP contribution in [0.4, 0.5) is 14.9 Å².